The molecule has 12 heteroatoms. The zero-order valence-corrected chi connectivity index (χ0v) is 9.34. The van der Waals surface area contributed by atoms with Crippen molar-refractivity contribution in [1.82, 2.24) is 9.97 Å². The number of nitrogen functional groups attached to an aromatic ring is 1. The summed E-state index contributed by atoms with van der Waals surface area (Å²) in [5.74, 6) is -0.352. The Labute approximate surface area is 88.5 Å². The number of nitrogens with one attached hydrogen (secondary N) is 1. The smallest absolute Gasteiger partial charge is 0.369 e. The van der Waals surface area contributed by atoms with Gasteiger partial charge in [-0.1, -0.05) is 0 Å². The first-order valence-electron chi connectivity index (χ1n) is 3.65. The molecule has 0 aliphatic heterocycles. The molecule has 0 radical (unpaired) electrons. The van der Waals surface area contributed by atoms with Gasteiger partial charge >= 0.3 is 20.3 Å². The monoisotopic (exact) mass is 273 g/mol. The fourth-order valence-electron chi connectivity index (χ4n) is 0.991. The van der Waals surface area contributed by atoms with Crippen molar-refractivity contribution in [3.8, 4) is 0 Å². The number of rotatable bonds is 3. The summed E-state index contributed by atoms with van der Waals surface area (Å²) in [6.07, 6.45) is 0.632. The second-order valence-corrected chi connectivity index (χ2v) is 6.73. The van der Waals surface area contributed by atoms with Crippen LogP contribution in [0, 0.1) is 0 Å². The van der Waals surface area contributed by atoms with Crippen LogP contribution in [0.15, 0.2) is 6.20 Å². The van der Waals surface area contributed by atoms with Crippen molar-refractivity contribution in [2.75, 3.05) is 5.73 Å². The van der Waals surface area contributed by atoms with Crippen molar-refractivity contribution in [2.45, 2.75) is 5.08 Å². The van der Waals surface area contributed by atoms with Crippen LogP contribution in [0.4, 0.5) is 5.95 Å². The number of H-pyrrole nitrogens is 1. The van der Waals surface area contributed by atoms with Gasteiger partial charge in [0.2, 0.25) is 0 Å². The fraction of sp³-hybridized carbons (Fsp3) is 0.250. The van der Waals surface area contributed by atoms with Crippen LogP contribution in [-0.2, 0) is 14.2 Å². The molecule has 10 nitrogen and oxygen atoms in total. The van der Waals surface area contributed by atoms with Crippen LogP contribution < -0.4 is 5.73 Å². The van der Waals surface area contributed by atoms with Gasteiger partial charge in [-0.3, -0.25) is 9.13 Å². The summed E-state index contributed by atoms with van der Waals surface area (Å²) in [6, 6.07) is 0. The zero-order chi connectivity index (χ0) is 12.8. The maximum absolute atomic E-state index is 11.0. The van der Waals surface area contributed by atoms with E-state index in [2.05, 4.69) is 4.98 Å². The molecule has 1 rings (SSSR count). The van der Waals surface area contributed by atoms with Gasteiger partial charge in [-0.05, 0) is 0 Å². The van der Waals surface area contributed by atoms with Gasteiger partial charge in [0.25, 0.3) is 0 Å². The van der Waals surface area contributed by atoms with Crippen LogP contribution in [0.3, 0.4) is 0 Å². The number of hydrogen-bond donors (Lipinski definition) is 7. The van der Waals surface area contributed by atoms with Crippen molar-refractivity contribution in [3.05, 3.63) is 11.9 Å². The average Bonchev–Trinajstić information content (AvgIpc) is 2.46. The highest BCUT2D eigenvalue weighted by Crippen LogP contribution is 2.72. The van der Waals surface area contributed by atoms with E-state index in [1.54, 1.807) is 0 Å². The van der Waals surface area contributed by atoms with Crippen molar-refractivity contribution < 1.29 is 33.8 Å². The van der Waals surface area contributed by atoms with Gasteiger partial charge in [0.05, 0.1) is 11.9 Å². The minimum absolute atomic E-state index is 0.352. The molecule has 92 valence electrons. The van der Waals surface area contributed by atoms with Gasteiger partial charge in [0.1, 0.15) is 0 Å². The number of aromatic nitrogens is 2. The summed E-state index contributed by atoms with van der Waals surface area (Å²) in [6.45, 7) is 0. The number of nitrogens with zero attached hydrogens (tertiary/aromatic N) is 1. The largest absolute Gasteiger partial charge is 0.375 e. The Morgan fingerprint density at radius 3 is 1.94 bits per heavy atom. The number of aromatic amines is 1. The SMILES string of the molecule is Nc1ncc(C(O)(P(=O)(O)O)P(=O)(O)O)[nH]1. The highest BCUT2D eigenvalue weighted by Gasteiger charge is 2.62. The van der Waals surface area contributed by atoms with Gasteiger partial charge in [-0.25, -0.2) is 4.98 Å². The summed E-state index contributed by atoms with van der Waals surface area (Å²) >= 11 is 0. The van der Waals surface area contributed by atoms with Crippen LogP contribution in [0.25, 0.3) is 0 Å². The number of imidazole rings is 1. The third-order valence-electron chi connectivity index (χ3n) is 1.77. The van der Waals surface area contributed by atoms with E-state index in [-0.39, 0.29) is 5.95 Å². The lowest BCUT2D eigenvalue weighted by Crippen LogP contribution is -2.26. The summed E-state index contributed by atoms with van der Waals surface area (Å²) in [5.41, 5.74) is 4.22. The van der Waals surface area contributed by atoms with E-state index >= 15 is 0 Å². The Kier molecular flexibility index (Phi) is 3.03. The Balaban J connectivity index is 3.51. The van der Waals surface area contributed by atoms with Crippen molar-refractivity contribution >= 4 is 21.1 Å². The molecule has 0 unspecified atom stereocenters. The molecule has 0 aliphatic rings. The number of anilines is 1. The van der Waals surface area contributed by atoms with E-state index in [0.717, 1.165) is 0 Å². The van der Waals surface area contributed by atoms with Crippen LogP contribution >= 0.6 is 15.2 Å². The fourth-order valence-corrected chi connectivity index (χ4v) is 3.20. The Hall–Kier alpha value is -0.730. The average molecular weight is 273 g/mol. The topological polar surface area (TPSA) is 190 Å². The third kappa shape index (κ3) is 1.92. The predicted octanol–water partition coefficient (Wildman–Crippen LogP) is -1.55. The minimum atomic E-state index is -5.55. The molecule has 1 heterocycles. The zero-order valence-electron chi connectivity index (χ0n) is 7.55. The van der Waals surface area contributed by atoms with Crippen molar-refractivity contribution in [3.63, 3.8) is 0 Å². The van der Waals surface area contributed by atoms with Crippen molar-refractivity contribution in [1.29, 1.82) is 0 Å². The lowest BCUT2D eigenvalue weighted by molar-refractivity contribution is 0.128. The van der Waals surface area contributed by atoms with E-state index < -0.39 is 26.0 Å². The predicted molar refractivity (Wildman–Crippen MR) is 51.0 cm³/mol. The number of hydrogen-bond acceptors (Lipinski definition) is 5. The van der Waals surface area contributed by atoms with Gasteiger partial charge < -0.3 is 35.4 Å². The van der Waals surface area contributed by atoms with E-state index in [1.165, 1.54) is 0 Å². The summed E-state index contributed by atoms with van der Waals surface area (Å²) in [5, 5.41) is 5.84. The second kappa shape index (κ2) is 3.64. The van der Waals surface area contributed by atoms with Crippen LogP contribution in [0.2, 0.25) is 0 Å². The standard InChI is InChI=1S/C4H9N3O7P2/c5-3-6-1-2(7-3)4(8,15(9,10)11)16(12,13)14/h1,8H,(H3,5,6,7)(H2,9,10,11)(H2,12,13,14). The first-order chi connectivity index (χ1) is 7.00. The number of aliphatic hydroxyl groups is 1. The summed E-state index contributed by atoms with van der Waals surface area (Å²) in [7, 11) is -11.1. The van der Waals surface area contributed by atoms with Gasteiger partial charge in [-0.2, -0.15) is 0 Å². The Bertz CT molecular complexity index is 464. The lowest BCUT2D eigenvalue weighted by atomic mass is 10.5. The van der Waals surface area contributed by atoms with E-state index in [4.69, 9.17) is 25.3 Å². The van der Waals surface area contributed by atoms with E-state index in [1.807, 2.05) is 4.98 Å². The quantitative estimate of drug-likeness (QED) is 0.319. The maximum atomic E-state index is 11.0. The minimum Gasteiger partial charge on any atom is -0.369 e. The molecular formula is C4H9N3O7P2. The molecule has 0 saturated heterocycles. The van der Waals surface area contributed by atoms with Gasteiger partial charge in [0, 0.05) is 0 Å². The second-order valence-electron chi connectivity index (χ2n) is 2.91. The molecule has 0 amide bonds. The molecule has 16 heavy (non-hydrogen) atoms. The highest BCUT2D eigenvalue weighted by molar-refractivity contribution is 7.71. The molecular weight excluding hydrogens is 264 g/mol. The summed E-state index contributed by atoms with van der Waals surface area (Å²) < 4.78 is 21.9. The van der Waals surface area contributed by atoms with E-state index in [9.17, 15) is 14.2 Å². The first-order valence-corrected chi connectivity index (χ1v) is 6.87. The molecule has 0 saturated carbocycles. The molecule has 0 fully saturated rings. The summed E-state index contributed by atoms with van der Waals surface area (Å²) in [4.78, 5) is 40.5. The molecule has 0 aromatic carbocycles. The maximum Gasteiger partial charge on any atom is 0.375 e. The highest BCUT2D eigenvalue weighted by atomic mass is 31.2. The molecule has 1 aromatic heterocycles. The van der Waals surface area contributed by atoms with Crippen LogP contribution in [0.5, 0.6) is 0 Å². The van der Waals surface area contributed by atoms with Gasteiger partial charge in [-0.15, -0.1) is 0 Å². The molecule has 0 bridgehead atoms. The number of nitrogens with two attached hydrogens (primary N) is 1. The third-order valence-corrected chi connectivity index (χ3v) is 5.44. The molecule has 1 aromatic rings. The normalized spacial score (nSPS) is 14.1. The van der Waals surface area contributed by atoms with Crippen LogP contribution in [-0.4, -0.2) is 34.6 Å². The first kappa shape index (κ1) is 13.3. The Morgan fingerprint density at radius 2 is 1.69 bits per heavy atom. The molecule has 0 atom stereocenters. The van der Waals surface area contributed by atoms with Crippen LogP contribution in [0.1, 0.15) is 5.69 Å². The lowest BCUT2D eigenvalue weighted by Gasteiger charge is -2.27. The molecule has 0 spiro atoms. The van der Waals surface area contributed by atoms with E-state index in [0.29, 0.717) is 6.20 Å². The van der Waals surface area contributed by atoms with Crippen molar-refractivity contribution in [2.24, 2.45) is 0 Å². The molecule has 8 N–H and O–H groups in total. The Morgan fingerprint density at radius 1 is 1.25 bits per heavy atom. The van der Waals surface area contributed by atoms with Gasteiger partial charge in [0.15, 0.2) is 5.95 Å². The molecule has 0 aliphatic carbocycles.